The Morgan fingerprint density at radius 1 is 1.33 bits per heavy atom. The maximum atomic E-state index is 10.8. The molecule has 0 rings (SSSR count). The van der Waals surface area contributed by atoms with Crippen LogP contribution in [0.1, 0.15) is 13.3 Å². The molecule has 0 saturated heterocycles. The molecule has 0 spiro atoms. The number of rotatable bonds is 5. The third-order valence-corrected chi connectivity index (χ3v) is 4.11. The van der Waals surface area contributed by atoms with Gasteiger partial charge in [0.15, 0.2) is 0 Å². The van der Waals surface area contributed by atoms with Gasteiger partial charge in [-0.2, -0.15) is 0 Å². The van der Waals surface area contributed by atoms with Crippen LogP contribution >= 0.6 is 21.2 Å². The van der Waals surface area contributed by atoms with E-state index in [1.807, 2.05) is 0 Å². The van der Waals surface area contributed by atoms with Crippen LogP contribution in [0.25, 0.3) is 0 Å². The van der Waals surface area contributed by atoms with E-state index >= 15 is 0 Å². The Morgan fingerprint density at radius 3 is 2.17 bits per heavy atom. The van der Waals surface area contributed by atoms with Crippen molar-refractivity contribution in [3.8, 4) is 0 Å². The second-order valence-corrected chi connectivity index (χ2v) is 9.08. The van der Waals surface area contributed by atoms with E-state index in [4.69, 9.17) is 0 Å². The van der Waals surface area contributed by atoms with Crippen molar-refractivity contribution in [3.63, 3.8) is 0 Å². The summed E-state index contributed by atoms with van der Waals surface area (Å²) in [7, 11) is 1.43. The molecule has 0 aromatic carbocycles. The first kappa shape index (κ1) is 12.6. The molecule has 12 heavy (non-hydrogen) atoms. The van der Waals surface area contributed by atoms with Crippen molar-refractivity contribution in [3.05, 3.63) is 0 Å². The van der Waals surface area contributed by atoms with Crippen LogP contribution in [0.15, 0.2) is 0 Å². The first-order valence-electron chi connectivity index (χ1n) is 4.01. The van der Waals surface area contributed by atoms with Crippen LogP contribution < -0.4 is 0 Å². The molecule has 5 heteroatoms. The summed E-state index contributed by atoms with van der Waals surface area (Å²) < 4.78 is 22.5. The molecular formula is C7H17INO2S+. The minimum atomic E-state index is -2.79. The van der Waals surface area contributed by atoms with Crippen LogP contribution in [0.4, 0.5) is 0 Å². The van der Waals surface area contributed by atoms with Crippen molar-refractivity contribution in [1.82, 2.24) is 0 Å². The lowest BCUT2D eigenvalue weighted by molar-refractivity contribution is -0.888. The predicted octanol–water partition coefficient (Wildman–Crippen LogP) is 1.24. The highest BCUT2D eigenvalue weighted by Gasteiger charge is 2.13. The predicted molar refractivity (Wildman–Crippen MR) is 59.9 cm³/mol. The minimum absolute atomic E-state index is 0.301. The van der Waals surface area contributed by atoms with E-state index in [1.165, 1.54) is 21.2 Å². The van der Waals surface area contributed by atoms with Gasteiger partial charge in [-0.15, -0.1) is 0 Å². The third kappa shape index (κ3) is 7.30. The second-order valence-electron chi connectivity index (χ2n) is 3.57. The summed E-state index contributed by atoms with van der Waals surface area (Å²) in [6.45, 7) is 4.08. The molecule has 0 amide bonds. The van der Waals surface area contributed by atoms with Gasteiger partial charge >= 0.3 is 0 Å². The highest BCUT2D eigenvalue weighted by molar-refractivity contribution is 14.2. The normalized spacial score (nSPS) is 13.3. The fourth-order valence-corrected chi connectivity index (χ4v) is 2.23. The van der Waals surface area contributed by atoms with Gasteiger partial charge in [-0.3, -0.25) is 0 Å². The minimum Gasteiger partial charge on any atom is -0.329 e. The standard InChI is InChI=1S/C7H17INO2S/c1-4-9(2,3)6-5-7-12(8,10)11/h4-7H2,1-3H3/q+1. The van der Waals surface area contributed by atoms with Gasteiger partial charge in [0, 0.05) is 6.42 Å². The molecule has 0 unspecified atom stereocenters. The van der Waals surface area contributed by atoms with E-state index in [0.29, 0.717) is 5.75 Å². The molecule has 0 aromatic rings. The first-order valence-corrected chi connectivity index (χ1v) is 8.21. The van der Waals surface area contributed by atoms with Crippen LogP contribution in [0, 0.1) is 0 Å². The lowest BCUT2D eigenvalue weighted by Gasteiger charge is -2.27. The lowest BCUT2D eigenvalue weighted by Crippen LogP contribution is -2.40. The number of hydrogen-bond donors (Lipinski definition) is 0. The Hall–Kier alpha value is 0.640. The first-order chi connectivity index (χ1) is 5.27. The van der Waals surface area contributed by atoms with E-state index in [2.05, 4.69) is 21.0 Å². The summed E-state index contributed by atoms with van der Waals surface area (Å²) in [6, 6.07) is 0. The van der Waals surface area contributed by atoms with Crippen LogP contribution in [-0.4, -0.2) is 45.8 Å². The van der Waals surface area contributed by atoms with Gasteiger partial charge in [-0.05, 0) is 6.92 Å². The quantitative estimate of drug-likeness (QED) is 0.435. The molecule has 0 aliphatic carbocycles. The zero-order valence-electron chi connectivity index (χ0n) is 7.88. The highest BCUT2D eigenvalue weighted by Crippen LogP contribution is 2.06. The van der Waals surface area contributed by atoms with E-state index in [9.17, 15) is 8.42 Å². The molecule has 3 nitrogen and oxygen atoms in total. The monoisotopic (exact) mass is 306 g/mol. The van der Waals surface area contributed by atoms with Crippen molar-refractivity contribution >= 4 is 28.2 Å². The van der Waals surface area contributed by atoms with E-state index in [1.54, 1.807) is 0 Å². The molecule has 0 fully saturated rings. The van der Waals surface area contributed by atoms with Crippen LogP contribution in [0.5, 0.6) is 0 Å². The maximum Gasteiger partial charge on any atom is 0.203 e. The molecule has 0 saturated carbocycles. The largest absolute Gasteiger partial charge is 0.329 e. The van der Waals surface area contributed by atoms with Gasteiger partial charge in [0.05, 0.1) is 54.1 Å². The third-order valence-electron chi connectivity index (χ3n) is 2.01. The topological polar surface area (TPSA) is 34.1 Å². The molecule has 0 bridgehead atoms. The smallest absolute Gasteiger partial charge is 0.203 e. The summed E-state index contributed by atoms with van der Waals surface area (Å²) in [5.74, 6) is 0.301. The number of halogens is 1. The van der Waals surface area contributed by atoms with Gasteiger partial charge in [0.2, 0.25) is 7.01 Å². The Morgan fingerprint density at radius 2 is 1.83 bits per heavy atom. The molecular weight excluding hydrogens is 289 g/mol. The van der Waals surface area contributed by atoms with Crippen molar-refractivity contribution in [1.29, 1.82) is 0 Å². The summed E-state index contributed by atoms with van der Waals surface area (Å²) in [5, 5.41) is 0. The average Bonchev–Trinajstić information content (AvgIpc) is 1.84. The lowest BCUT2D eigenvalue weighted by atomic mass is 10.4. The van der Waals surface area contributed by atoms with E-state index in [0.717, 1.165) is 24.0 Å². The average molecular weight is 306 g/mol. The Bertz CT molecular complexity index is 224. The van der Waals surface area contributed by atoms with Gasteiger partial charge in [0.25, 0.3) is 0 Å². The van der Waals surface area contributed by atoms with Crippen molar-refractivity contribution < 1.29 is 12.9 Å². The summed E-state index contributed by atoms with van der Waals surface area (Å²) >= 11 is 1.51. The number of quaternary nitrogens is 1. The molecule has 0 N–H and O–H groups in total. The Kier molecular flexibility index (Phi) is 5.01. The van der Waals surface area contributed by atoms with Gasteiger partial charge in [0.1, 0.15) is 0 Å². The molecule has 0 atom stereocenters. The van der Waals surface area contributed by atoms with Crippen LogP contribution in [0.2, 0.25) is 0 Å². The molecule has 0 aliphatic heterocycles. The zero-order valence-corrected chi connectivity index (χ0v) is 10.9. The second kappa shape index (κ2) is 4.76. The van der Waals surface area contributed by atoms with E-state index in [-0.39, 0.29) is 0 Å². The fraction of sp³-hybridized carbons (Fsp3) is 1.00. The molecule has 0 heterocycles. The van der Waals surface area contributed by atoms with E-state index < -0.39 is 7.01 Å². The SMILES string of the molecule is CC[N+](C)(C)CCCS(=O)(=O)I. The zero-order chi connectivity index (χ0) is 9.83. The summed E-state index contributed by atoms with van der Waals surface area (Å²) in [5.41, 5.74) is 0. The number of nitrogens with zero attached hydrogens (tertiary/aromatic N) is 1. The molecule has 74 valence electrons. The summed E-state index contributed by atoms with van der Waals surface area (Å²) in [6.07, 6.45) is 0.756. The Labute approximate surface area is 87.2 Å². The molecule has 0 aliphatic rings. The number of hydrogen-bond acceptors (Lipinski definition) is 2. The van der Waals surface area contributed by atoms with Gasteiger partial charge < -0.3 is 4.48 Å². The van der Waals surface area contributed by atoms with Crippen molar-refractivity contribution in [2.24, 2.45) is 0 Å². The maximum absolute atomic E-state index is 10.8. The molecule has 0 aromatic heterocycles. The van der Waals surface area contributed by atoms with Crippen LogP contribution in [0.3, 0.4) is 0 Å². The fourth-order valence-electron chi connectivity index (χ4n) is 0.823. The Balaban J connectivity index is 3.72. The summed E-state index contributed by atoms with van der Waals surface area (Å²) in [4.78, 5) is 0. The van der Waals surface area contributed by atoms with Crippen molar-refractivity contribution in [2.45, 2.75) is 13.3 Å². The van der Waals surface area contributed by atoms with Gasteiger partial charge in [-0.25, -0.2) is 8.42 Å². The van der Waals surface area contributed by atoms with Crippen molar-refractivity contribution in [2.75, 3.05) is 32.9 Å². The van der Waals surface area contributed by atoms with Gasteiger partial charge in [-0.1, -0.05) is 0 Å². The van der Waals surface area contributed by atoms with Crippen LogP contribution in [-0.2, 0) is 7.01 Å². The molecule has 0 radical (unpaired) electrons. The highest BCUT2D eigenvalue weighted by atomic mass is 127.